The third-order valence-electron chi connectivity index (χ3n) is 4.57. The van der Waals surface area contributed by atoms with E-state index in [4.69, 9.17) is 14.5 Å². The molecule has 0 fully saturated rings. The molecule has 0 saturated carbocycles. The number of carbonyl (C=O) groups is 2. The topological polar surface area (TPSA) is 68.7 Å². The zero-order valence-electron chi connectivity index (χ0n) is 16.0. The Morgan fingerprint density at radius 2 is 2.03 bits per heavy atom. The molecule has 1 aliphatic heterocycles. The number of esters is 1. The number of benzene rings is 2. The molecule has 1 aliphatic rings. The Morgan fingerprint density at radius 1 is 1.21 bits per heavy atom. The summed E-state index contributed by atoms with van der Waals surface area (Å²) in [5.74, 6) is 0.120. The van der Waals surface area contributed by atoms with Crippen molar-refractivity contribution in [1.82, 2.24) is 4.98 Å². The maximum Gasteiger partial charge on any atom is 0.307 e. The highest BCUT2D eigenvalue weighted by Gasteiger charge is 2.26. The number of thiazole rings is 1. The number of aromatic nitrogens is 1. The number of rotatable bonds is 6. The van der Waals surface area contributed by atoms with Crippen LogP contribution in [0.3, 0.4) is 0 Å². The van der Waals surface area contributed by atoms with Crippen LogP contribution in [0.5, 0.6) is 5.75 Å². The molecule has 0 aliphatic carbocycles. The first kappa shape index (κ1) is 19.1. The van der Waals surface area contributed by atoms with E-state index in [1.54, 1.807) is 23.2 Å². The summed E-state index contributed by atoms with van der Waals surface area (Å²) in [5.41, 5.74) is 3.44. The Hall–Kier alpha value is -3.19. The van der Waals surface area contributed by atoms with Crippen LogP contribution in [0.1, 0.15) is 13.3 Å². The average Bonchev–Trinajstić information content (AvgIpc) is 3.24. The van der Waals surface area contributed by atoms with Crippen molar-refractivity contribution in [1.29, 1.82) is 0 Å². The number of hydrogen-bond acceptors (Lipinski definition) is 6. The average molecular weight is 408 g/mol. The summed E-state index contributed by atoms with van der Waals surface area (Å²) in [6.45, 7) is 2.30. The Bertz CT molecular complexity index is 1030. The highest BCUT2D eigenvalue weighted by atomic mass is 32.1. The number of amides is 1. The molecule has 148 valence electrons. The SMILES string of the molecule is CCOC(=O)CCN1C(=O)COc2ccc(-c3csc(-c4ccccc4)n3)cc21. The van der Waals surface area contributed by atoms with Crippen molar-refractivity contribution in [3.8, 4) is 27.6 Å². The first-order valence-electron chi connectivity index (χ1n) is 9.40. The van der Waals surface area contributed by atoms with Crippen LogP contribution in [0.4, 0.5) is 5.69 Å². The zero-order chi connectivity index (χ0) is 20.2. The van der Waals surface area contributed by atoms with Crippen LogP contribution >= 0.6 is 11.3 Å². The van der Waals surface area contributed by atoms with Gasteiger partial charge in [0.05, 0.1) is 24.4 Å². The Kier molecular flexibility index (Phi) is 5.57. The van der Waals surface area contributed by atoms with Gasteiger partial charge in [0.15, 0.2) is 6.61 Å². The first-order chi connectivity index (χ1) is 14.2. The molecule has 0 atom stereocenters. The minimum absolute atomic E-state index is 0.0377. The summed E-state index contributed by atoms with van der Waals surface area (Å²) in [6.07, 6.45) is 0.137. The van der Waals surface area contributed by atoms with Gasteiger partial charge in [-0.3, -0.25) is 9.59 Å². The lowest BCUT2D eigenvalue weighted by molar-refractivity contribution is -0.142. The Balaban J connectivity index is 1.61. The van der Waals surface area contributed by atoms with Gasteiger partial charge in [-0.15, -0.1) is 11.3 Å². The van der Waals surface area contributed by atoms with Crippen LogP contribution in [-0.4, -0.2) is 36.6 Å². The van der Waals surface area contributed by atoms with Gasteiger partial charge in [-0.05, 0) is 25.1 Å². The number of hydrogen-bond donors (Lipinski definition) is 0. The molecule has 7 heteroatoms. The normalized spacial score (nSPS) is 13.0. The molecule has 1 aromatic heterocycles. The lowest BCUT2D eigenvalue weighted by atomic mass is 10.1. The van der Waals surface area contributed by atoms with Crippen molar-refractivity contribution in [3.05, 3.63) is 53.9 Å². The van der Waals surface area contributed by atoms with Gasteiger partial charge in [-0.2, -0.15) is 0 Å². The van der Waals surface area contributed by atoms with Crippen molar-refractivity contribution >= 4 is 28.9 Å². The molecule has 0 N–H and O–H groups in total. The predicted octanol–water partition coefficient (Wildman–Crippen LogP) is 4.16. The van der Waals surface area contributed by atoms with Gasteiger partial charge in [0.1, 0.15) is 10.8 Å². The summed E-state index contributed by atoms with van der Waals surface area (Å²) in [5, 5.41) is 2.93. The summed E-state index contributed by atoms with van der Waals surface area (Å²) < 4.78 is 10.5. The lowest BCUT2D eigenvalue weighted by Gasteiger charge is -2.29. The van der Waals surface area contributed by atoms with Gasteiger partial charge in [-0.1, -0.05) is 30.3 Å². The molecule has 4 rings (SSSR count). The fourth-order valence-electron chi connectivity index (χ4n) is 3.16. The molecule has 0 unspecified atom stereocenters. The summed E-state index contributed by atoms with van der Waals surface area (Å²) in [4.78, 5) is 30.5. The predicted molar refractivity (Wildman–Crippen MR) is 112 cm³/mol. The molecule has 29 heavy (non-hydrogen) atoms. The van der Waals surface area contributed by atoms with Gasteiger partial charge in [0.25, 0.3) is 5.91 Å². The van der Waals surface area contributed by atoms with Crippen molar-refractivity contribution in [3.63, 3.8) is 0 Å². The van der Waals surface area contributed by atoms with Crippen molar-refractivity contribution in [2.45, 2.75) is 13.3 Å². The first-order valence-corrected chi connectivity index (χ1v) is 10.3. The van der Waals surface area contributed by atoms with E-state index in [0.29, 0.717) is 18.0 Å². The van der Waals surface area contributed by atoms with Crippen LogP contribution in [0.15, 0.2) is 53.9 Å². The molecule has 0 bridgehead atoms. The van der Waals surface area contributed by atoms with E-state index in [9.17, 15) is 9.59 Å². The van der Waals surface area contributed by atoms with Crippen molar-refractivity contribution in [2.24, 2.45) is 0 Å². The minimum Gasteiger partial charge on any atom is -0.482 e. The second-order valence-corrected chi connectivity index (χ2v) is 7.33. The summed E-state index contributed by atoms with van der Waals surface area (Å²) in [7, 11) is 0. The monoisotopic (exact) mass is 408 g/mol. The molecule has 3 aromatic rings. The molecule has 0 spiro atoms. The van der Waals surface area contributed by atoms with Crippen molar-refractivity contribution in [2.75, 3.05) is 24.7 Å². The number of anilines is 1. The van der Waals surface area contributed by atoms with E-state index in [1.165, 1.54) is 0 Å². The number of carbonyl (C=O) groups excluding carboxylic acids is 2. The third-order valence-corrected chi connectivity index (χ3v) is 5.46. The van der Waals surface area contributed by atoms with Gasteiger partial charge >= 0.3 is 5.97 Å². The molecular weight excluding hydrogens is 388 g/mol. The second-order valence-electron chi connectivity index (χ2n) is 6.48. The maximum absolute atomic E-state index is 12.4. The van der Waals surface area contributed by atoms with Crippen LogP contribution in [-0.2, 0) is 14.3 Å². The molecule has 0 saturated heterocycles. The Morgan fingerprint density at radius 3 is 2.83 bits per heavy atom. The highest BCUT2D eigenvalue weighted by molar-refractivity contribution is 7.13. The quantitative estimate of drug-likeness (QED) is 0.573. The number of ether oxygens (including phenoxy) is 2. The molecule has 6 nitrogen and oxygen atoms in total. The van der Waals surface area contributed by atoms with Gasteiger partial charge in [0.2, 0.25) is 0 Å². The zero-order valence-corrected chi connectivity index (χ0v) is 16.8. The molecule has 2 aromatic carbocycles. The highest BCUT2D eigenvalue weighted by Crippen LogP contribution is 2.37. The van der Waals surface area contributed by atoms with E-state index >= 15 is 0 Å². The number of fused-ring (bicyclic) bond motifs is 1. The van der Waals surface area contributed by atoms with Crippen LogP contribution in [0.2, 0.25) is 0 Å². The number of nitrogens with zero attached hydrogens (tertiary/aromatic N) is 2. The Labute approximate surface area is 172 Å². The lowest BCUT2D eigenvalue weighted by Crippen LogP contribution is -2.40. The summed E-state index contributed by atoms with van der Waals surface area (Å²) in [6, 6.07) is 15.7. The van der Waals surface area contributed by atoms with Crippen LogP contribution in [0, 0.1) is 0 Å². The maximum atomic E-state index is 12.4. The smallest absolute Gasteiger partial charge is 0.307 e. The van der Waals surface area contributed by atoms with E-state index in [1.807, 2.05) is 53.9 Å². The fourth-order valence-corrected chi connectivity index (χ4v) is 4.00. The van der Waals surface area contributed by atoms with Gasteiger partial charge in [-0.25, -0.2) is 4.98 Å². The molecular formula is C22H20N2O4S. The summed E-state index contributed by atoms with van der Waals surface area (Å²) >= 11 is 1.57. The fraction of sp³-hybridized carbons (Fsp3) is 0.227. The second kappa shape index (κ2) is 8.45. The minimum atomic E-state index is -0.323. The van der Waals surface area contributed by atoms with Crippen LogP contribution < -0.4 is 9.64 Å². The molecule has 0 radical (unpaired) electrons. The van der Waals surface area contributed by atoms with E-state index in [-0.39, 0.29) is 31.4 Å². The van der Waals surface area contributed by atoms with E-state index in [2.05, 4.69) is 0 Å². The van der Waals surface area contributed by atoms with E-state index < -0.39 is 0 Å². The van der Waals surface area contributed by atoms with Crippen molar-refractivity contribution < 1.29 is 19.1 Å². The van der Waals surface area contributed by atoms with E-state index in [0.717, 1.165) is 21.8 Å². The van der Waals surface area contributed by atoms with Gasteiger partial charge < -0.3 is 14.4 Å². The van der Waals surface area contributed by atoms with Crippen LogP contribution in [0.25, 0.3) is 21.8 Å². The largest absolute Gasteiger partial charge is 0.482 e. The van der Waals surface area contributed by atoms with Gasteiger partial charge in [0, 0.05) is 23.1 Å². The standard InChI is InChI=1S/C22H20N2O4S/c1-2-27-21(26)10-11-24-18-12-16(8-9-19(18)28-13-20(24)25)17-14-29-22(23-17)15-6-4-3-5-7-15/h3-9,12,14H,2,10-11,13H2,1H3. The molecule has 2 heterocycles. The third kappa shape index (κ3) is 4.14. The molecule has 1 amide bonds.